The average Bonchev–Trinajstić information content (AvgIpc) is 3.24. The second-order valence-electron chi connectivity index (χ2n) is 9.11. The van der Waals surface area contributed by atoms with E-state index in [1.165, 1.54) is 18.9 Å². The number of fused-ring (bicyclic) bond motifs is 1. The lowest BCUT2D eigenvalue weighted by Gasteiger charge is -2.17. The molecular weight excluding hydrogens is 608 g/mol. The first-order valence-corrected chi connectivity index (χ1v) is 14.4. The zero-order valence-electron chi connectivity index (χ0n) is 22.0. The highest BCUT2D eigenvalue weighted by Crippen LogP contribution is 2.39. The Morgan fingerprint density at radius 2 is 1.80 bits per heavy atom. The smallest absolute Gasteiger partial charge is 0.270 e. The Labute approximate surface area is 250 Å². The van der Waals surface area contributed by atoms with Crippen LogP contribution < -0.4 is 19.7 Å². The third-order valence-corrected chi connectivity index (χ3v) is 8.80. The minimum atomic E-state index is -0.284. The number of hydrogen-bond donors (Lipinski definition) is 1. The summed E-state index contributed by atoms with van der Waals surface area (Å²) in [4.78, 5) is 28.1. The number of amides is 2. The maximum atomic E-state index is 13.4. The number of thiocarbonyl (C=S) groups is 1. The minimum absolute atomic E-state index is 0.180. The van der Waals surface area contributed by atoms with Gasteiger partial charge in [-0.15, -0.1) is 0 Å². The van der Waals surface area contributed by atoms with Gasteiger partial charge < -0.3 is 14.8 Å². The van der Waals surface area contributed by atoms with Gasteiger partial charge in [-0.3, -0.25) is 14.5 Å². The summed E-state index contributed by atoms with van der Waals surface area (Å²) in [7, 11) is 1.53. The van der Waals surface area contributed by atoms with Crippen molar-refractivity contribution in [3.63, 3.8) is 0 Å². The molecule has 2 amide bonds. The summed E-state index contributed by atoms with van der Waals surface area (Å²) in [5, 5.41) is 4.89. The van der Waals surface area contributed by atoms with Crippen LogP contribution in [0.25, 0.3) is 16.8 Å². The Bertz CT molecular complexity index is 1700. The molecule has 0 aliphatic carbocycles. The van der Waals surface area contributed by atoms with Crippen LogP contribution in [-0.4, -0.2) is 29.9 Å². The molecule has 0 bridgehead atoms. The molecule has 1 saturated heterocycles. The summed E-state index contributed by atoms with van der Waals surface area (Å²) in [6.07, 6.45) is 1.78. The fourth-order valence-electron chi connectivity index (χ4n) is 4.38. The van der Waals surface area contributed by atoms with E-state index in [1.54, 1.807) is 23.1 Å². The summed E-state index contributed by atoms with van der Waals surface area (Å²) in [5.41, 5.74) is 4.28. The molecule has 9 heteroatoms. The molecule has 1 aliphatic rings. The lowest BCUT2D eigenvalue weighted by molar-refractivity contribution is -0.118. The van der Waals surface area contributed by atoms with Gasteiger partial charge in [-0.05, 0) is 72.3 Å². The number of thioether (sulfide) groups is 1. The number of benzene rings is 4. The maximum Gasteiger partial charge on any atom is 0.270 e. The largest absolute Gasteiger partial charge is 0.493 e. The van der Waals surface area contributed by atoms with Gasteiger partial charge in [-0.2, -0.15) is 0 Å². The standard InChI is InChI=1S/C31H25BrN2O4S2/c1-18-19(2)24(13-12-23(18)32)33-29(35)17-38-26-14-11-20(15-27(26)37-3)16-28-30(36)34(31(39)40-28)25-10-6-8-21-7-4-5-9-22(21)25/h4-16H,17H2,1-3H3,(H,33,35)/b28-16-. The number of ether oxygens (including phenoxy) is 2. The molecule has 5 rings (SSSR count). The van der Waals surface area contributed by atoms with Crippen LogP contribution in [0.5, 0.6) is 11.5 Å². The lowest BCUT2D eigenvalue weighted by atomic mass is 10.1. The molecule has 202 valence electrons. The van der Waals surface area contributed by atoms with E-state index in [-0.39, 0.29) is 18.4 Å². The summed E-state index contributed by atoms with van der Waals surface area (Å²) in [5.74, 6) is 0.400. The second-order valence-corrected chi connectivity index (χ2v) is 11.6. The van der Waals surface area contributed by atoms with Gasteiger partial charge in [0.25, 0.3) is 11.8 Å². The molecule has 1 N–H and O–H groups in total. The Balaban J connectivity index is 1.31. The van der Waals surface area contributed by atoms with E-state index >= 15 is 0 Å². The molecule has 4 aromatic rings. The second kappa shape index (κ2) is 11.8. The predicted octanol–water partition coefficient (Wildman–Crippen LogP) is 7.65. The molecule has 0 spiro atoms. The van der Waals surface area contributed by atoms with Gasteiger partial charge >= 0.3 is 0 Å². The summed E-state index contributed by atoms with van der Waals surface area (Å²) in [6.45, 7) is 3.75. The summed E-state index contributed by atoms with van der Waals surface area (Å²) in [6, 6.07) is 22.8. The van der Waals surface area contributed by atoms with E-state index in [0.29, 0.717) is 20.7 Å². The van der Waals surface area contributed by atoms with Crippen LogP contribution in [0.15, 0.2) is 82.2 Å². The number of anilines is 2. The quantitative estimate of drug-likeness (QED) is 0.167. The number of halogens is 1. The van der Waals surface area contributed by atoms with Crippen molar-refractivity contribution >= 4 is 84.3 Å². The molecule has 40 heavy (non-hydrogen) atoms. The number of rotatable bonds is 7. The molecule has 0 atom stereocenters. The molecule has 0 unspecified atom stereocenters. The number of methoxy groups -OCH3 is 1. The third kappa shape index (κ3) is 5.63. The first kappa shape index (κ1) is 27.9. The topological polar surface area (TPSA) is 67.9 Å². The highest BCUT2D eigenvalue weighted by molar-refractivity contribution is 9.10. The van der Waals surface area contributed by atoms with Gasteiger partial charge in [0.15, 0.2) is 22.4 Å². The zero-order chi connectivity index (χ0) is 28.4. The van der Waals surface area contributed by atoms with Gasteiger partial charge in [0.2, 0.25) is 0 Å². The molecule has 6 nitrogen and oxygen atoms in total. The van der Waals surface area contributed by atoms with Crippen molar-refractivity contribution in [3.8, 4) is 11.5 Å². The zero-order valence-corrected chi connectivity index (χ0v) is 25.2. The van der Waals surface area contributed by atoms with E-state index in [2.05, 4.69) is 21.2 Å². The number of nitrogens with one attached hydrogen (secondary N) is 1. The highest BCUT2D eigenvalue weighted by Gasteiger charge is 2.34. The van der Waals surface area contributed by atoms with Crippen LogP contribution in [-0.2, 0) is 9.59 Å². The molecule has 0 saturated carbocycles. The van der Waals surface area contributed by atoms with Crippen LogP contribution in [0, 0.1) is 13.8 Å². The Kier molecular flexibility index (Phi) is 8.25. The third-order valence-electron chi connectivity index (χ3n) is 6.64. The first-order chi connectivity index (χ1) is 19.3. The van der Waals surface area contributed by atoms with Crippen LogP contribution in [0.4, 0.5) is 11.4 Å². The van der Waals surface area contributed by atoms with Crippen molar-refractivity contribution in [2.45, 2.75) is 13.8 Å². The highest BCUT2D eigenvalue weighted by atomic mass is 79.9. The molecule has 1 aliphatic heterocycles. The van der Waals surface area contributed by atoms with Crippen molar-refractivity contribution in [1.29, 1.82) is 0 Å². The lowest BCUT2D eigenvalue weighted by Crippen LogP contribution is -2.27. The Morgan fingerprint density at radius 1 is 1.02 bits per heavy atom. The van der Waals surface area contributed by atoms with Gasteiger partial charge in [0, 0.05) is 15.5 Å². The monoisotopic (exact) mass is 632 g/mol. The molecule has 4 aromatic carbocycles. The van der Waals surface area contributed by atoms with Crippen LogP contribution in [0.2, 0.25) is 0 Å². The number of carbonyl (C=O) groups is 2. The maximum absolute atomic E-state index is 13.4. The predicted molar refractivity (Wildman–Crippen MR) is 170 cm³/mol. The van der Waals surface area contributed by atoms with Crippen molar-refractivity contribution < 1.29 is 19.1 Å². The van der Waals surface area contributed by atoms with Gasteiger partial charge in [-0.1, -0.05) is 82.4 Å². The summed E-state index contributed by atoms with van der Waals surface area (Å²) < 4.78 is 12.7. The van der Waals surface area contributed by atoms with Crippen LogP contribution >= 0.6 is 39.9 Å². The van der Waals surface area contributed by atoms with Crippen molar-refractivity contribution in [3.05, 3.63) is 98.9 Å². The van der Waals surface area contributed by atoms with Gasteiger partial charge in [0.1, 0.15) is 0 Å². The Morgan fingerprint density at radius 3 is 2.60 bits per heavy atom. The number of hydrogen-bond acceptors (Lipinski definition) is 6. The normalized spacial score (nSPS) is 14.2. The minimum Gasteiger partial charge on any atom is -0.493 e. The van der Waals surface area contributed by atoms with E-state index in [0.717, 1.165) is 43.3 Å². The van der Waals surface area contributed by atoms with Gasteiger partial charge in [0.05, 0.1) is 17.7 Å². The average molecular weight is 634 g/mol. The SMILES string of the molecule is COc1cc(/C=C2\SC(=S)N(c3cccc4ccccc34)C2=O)ccc1OCC(=O)Nc1ccc(Br)c(C)c1C. The van der Waals surface area contributed by atoms with Crippen molar-refractivity contribution in [2.75, 3.05) is 23.9 Å². The molecular formula is C31H25BrN2O4S2. The van der Waals surface area contributed by atoms with Crippen LogP contribution in [0.3, 0.4) is 0 Å². The van der Waals surface area contributed by atoms with Crippen LogP contribution in [0.1, 0.15) is 16.7 Å². The van der Waals surface area contributed by atoms with E-state index < -0.39 is 0 Å². The van der Waals surface area contributed by atoms with Crippen molar-refractivity contribution in [1.82, 2.24) is 0 Å². The molecule has 0 radical (unpaired) electrons. The van der Waals surface area contributed by atoms with Gasteiger partial charge in [-0.25, -0.2) is 0 Å². The number of nitrogens with zero attached hydrogens (tertiary/aromatic N) is 1. The van der Waals surface area contributed by atoms with Crippen molar-refractivity contribution in [2.24, 2.45) is 0 Å². The molecule has 1 fully saturated rings. The van der Waals surface area contributed by atoms with E-state index in [9.17, 15) is 9.59 Å². The molecule has 0 aromatic heterocycles. The summed E-state index contributed by atoms with van der Waals surface area (Å²) >= 11 is 10.4. The first-order valence-electron chi connectivity index (χ1n) is 12.4. The fraction of sp³-hybridized carbons (Fsp3) is 0.129. The number of carbonyl (C=O) groups excluding carboxylic acids is 2. The fourth-order valence-corrected chi connectivity index (χ4v) is 6.09. The van der Waals surface area contributed by atoms with E-state index in [4.69, 9.17) is 21.7 Å². The molecule has 1 heterocycles. The Hall–Kier alpha value is -3.66. The van der Waals surface area contributed by atoms with E-state index in [1.807, 2.05) is 74.5 Å².